The molecule has 0 amide bonds. The minimum Gasteiger partial charge on any atom is -0.462 e. The van der Waals surface area contributed by atoms with Gasteiger partial charge in [-0.2, -0.15) is 0 Å². The number of hydrogen-bond donors (Lipinski definition) is 1. The molecule has 0 atom stereocenters. The van der Waals surface area contributed by atoms with E-state index in [2.05, 4.69) is 15.9 Å². The number of benzene rings is 1. The van der Waals surface area contributed by atoms with Crippen molar-refractivity contribution in [2.75, 3.05) is 12.3 Å². The molecule has 0 aromatic heterocycles. The average Bonchev–Trinajstić information content (AvgIpc) is 3.02. The number of carbonyl (C=O) groups is 1. The Bertz CT molecular complexity index is 388. The molecule has 4 heteroatoms. The van der Waals surface area contributed by atoms with Crippen LogP contribution in [0.2, 0.25) is 0 Å². The third-order valence-electron chi connectivity index (χ3n) is 2.40. The van der Waals surface area contributed by atoms with E-state index >= 15 is 0 Å². The van der Waals surface area contributed by atoms with Crippen molar-refractivity contribution in [3.63, 3.8) is 0 Å². The minimum atomic E-state index is -0.305. The van der Waals surface area contributed by atoms with E-state index < -0.39 is 0 Å². The van der Waals surface area contributed by atoms with E-state index in [-0.39, 0.29) is 5.97 Å². The van der Waals surface area contributed by atoms with Gasteiger partial charge in [-0.25, -0.2) is 4.79 Å². The molecule has 1 aliphatic rings. The number of nitrogen functional groups attached to an aromatic ring is 1. The van der Waals surface area contributed by atoms with Gasteiger partial charge in [0.25, 0.3) is 0 Å². The summed E-state index contributed by atoms with van der Waals surface area (Å²) in [5.41, 5.74) is 6.72. The molecule has 0 spiro atoms. The summed E-state index contributed by atoms with van der Waals surface area (Å²) in [6.07, 6.45) is 2.34. The van der Waals surface area contributed by atoms with Crippen LogP contribution < -0.4 is 5.73 Å². The smallest absolute Gasteiger partial charge is 0.339 e. The SMILES string of the molecule is Nc1cccc(C(=O)OCC2CC2)c1Br. The Hall–Kier alpha value is -1.03. The highest BCUT2D eigenvalue weighted by Crippen LogP contribution is 2.30. The Kier molecular flexibility index (Phi) is 2.95. The number of rotatable bonds is 3. The van der Waals surface area contributed by atoms with E-state index in [4.69, 9.17) is 10.5 Å². The summed E-state index contributed by atoms with van der Waals surface area (Å²) in [7, 11) is 0. The number of ether oxygens (including phenoxy) is 1. The van der Waals surface area contributed by atoms with Crippen molar-refractivity contribution in [1.29, 1.82) is 0 Å². The molecule has 0 aliphatic heterocycles. The van der Waals surface area contributed by atoms with E-state index in [1.54, 1.807) is 18.2 Å². The standard InChI is InChI=1S/C11H12BrNO2/c12-10-8(2-1-3-9(10)13)11(14)15-6-7-4-5-7/h1-3,7H,4-6,13H2. The van der Waals surface area contributed by atoms with Gasteiger partial charge in [0.2, 0.25) is 0 Å². The second-order valence-electron chi connectivity index (χ2n) is 3.75. The maximum absolute atomic E-state index is 11.6. The predicted octanol–water partition coefficient (Wildman–Crippen LogP) is 2.60. The van der Waals surface area contributed by atoms with Crippen molar-refractivity contribution in [3.05, 3.63) is 28.2 Å². The zero-order valence-corrected chi connectivity index (χ0v) is 9.79. The molecule has 0 unspecified atom stereocenters. The Morgan fingerprint density at radius 3 is 2.93 bits per heavy atom. The van der Waals surface area contributed by atoms with Gasteiger partial charge in [-0.15, -0.1) is 0 Å². The van der Waals surface area contributed by atoms with E-state index in [0.29, 0.717) is 28.2 Å². The van der Waals surface area contributed by atoms with Gasteiger partial charge in [-0.05, 0) is 46.8 Å². The summed E-state index contributed by atoms with van der Waals surface area (Å²) in [4.78, 5) is 11.6. The molecular weight excluding hydrogens is 258 g/mol. The van der Waals surface area contributed by atoms with Crippen molar-refractivity contribution in [2.24, 2.45) is 5.92 Å². The molecule has 1 aromatic rings. The molecule has 1 fully saturated rings. The summed E-state index contributed by atoms with van der Waals surface area (Å²) >= 11 is 3.28. The fraction of sp³-hybridized carbons (Fsp3) is 0.364. The summed E-state index contributed by atoms with van der Waals surface area (Å²) in [6, 6.07) is 5.19. The molecule has 0 radical (unpaired) electrons. The molecular formula is C11H12BrNO2. The number of halogens is 1. The first-order valence-corrected chi connectivity index (χ1v) is 5.69. The van der Waals surface area contributed by atoms with Gasteiger partial charge >= 0.3 is 5.97 Å². The second-order valence-corrected chi connectivity index (χ2v) is 4.54. The largest absolute Gasteiger partial charge is 0.462 e. The Morgan fingerprint density at radius 1 is 1.53 bits per heavy atom. The zero-order valence-electron chi connectivity index (χ0n) is 8.20. The number of carbonyl (C=O) groups excluding carboxylic acids is 1. The number of hydrogen-bond acceptors (Lipinski definition) is 3. The minimum absolute atomic E-state index is 0.305. The first-order chi connectivity index (χ1) is 7.18. The normalized spacial score (nSPS) is 15.0. The average molecular weight is 270 g/mol. The van der Waals surface area contributed by atoms with Crippen LogP contribution in [0.1, 0.15) is 23.2 Å². The van der Waals surface area contributed by atoms with Crippen molar-refractivity contribution in [1.82, 2.24) is 0 Å². The monoisotopic (exact) mass is 269 g/mol. The van der Waals surface area contributed by atoms with Crippen molar-refractivity contribution < 1.29 is 9.53 Å². The van der Waals surface area contributed by atoms with Gasteiger partial charge in [-0.3, -0.25) is 0 Å². The zero-order chi connectivity index (χ0) is 10.8. The first kappa shape index (κ1) is 10.5. The highest BCUT2D eigenvalue weighted by atomic mass is 79.9. The quantitative estimate of drug-likeness (QED) is 0.678. The molecule has 0 bridgehead atoms. The van der Waals surface area contributed by atoms with Crippen LogP contribution in [-0.2, 0) is 4.74 Å². The summed E-state index contributed by atoms with van der Waals surface area (Å²) in [6.45, 7) is 0.528. The van der Waals surface area contributed by atoms with Crippen LogP contribution >= 0.6 is 15.9 Å². The van der Waals surface area contributed by atoms with Crippen molar-refractivity contribution in [3.8, 4) is 0 Å². The van der Waals surface area contributed by atoms with Gasteiger partial charge in [-0.1, -0.05) is 6.07 Å². The number of esters is 1. The fourth-order valence-corrected chi connectivity index (χ4v) is 1.69. The van der Waals surface area contributed by atoms with Gasteiger partial charge in [0, 0.05) is 5.69 Å². The molecule has 15 heavy (non-hydrogen) atoms. The maximum Gasteiger partial charge on any atom is 0.339 e. The predicted molar refractivity (Wildman–Crippen MR) is 61.6 cm³/mol. The molecule has 1 saturated carbocycles. The molecule has 1 aromatic carbocycles. The van der Waals surface area contributed by atoms with E-state index in [9.17, 15) is 4.79 Å². The van der Waals surface area contributed by atoms with Crippen LogP contribution in [0.3, 0.4) is 0 Å². The molecule has 0 heterocycles. The van der Waals surface area contributed by atoms with Crippen LogP contribution in [0.5, 0.6) is 0 Å². The highest BCUT2D eigenvalue weighted by molar-refractivity contribution is 9.10. The summed E-state index contributed by atoms with van der Waals surface area (Å²) < 4.78 is 5.78. The van der Waals surface area contributed by atoms with Crippen LogP contribution in [0.25, 0.3) is 0 Å². The van der Waals surface area contributed by atoms with Gasteiger partial charge in [0.1, 0.15) is 0 Å². The maximum atomic E-state index is 11.6. The highest BCUT2D eigenvalue weighted by Gasteiger charge is 2.24. The fourth-order valence-electron chi connectivity index (χ4n) is 1.26. The second kappa shape index (κ2) is 4.23. The van der Waals surface area contributed by atoms with Crippen LogP contribution in [-0.4, -0.2) is 12.6 Å². The lowest BCUT2D eigenvalue weighted by Crippen LogP contribution is -2.09. The third-order valence-corrected chi connectivity index (χ3v) is 3.28. The van der Waals surface area contributed by atoms with Crippen LogP contribution in [0, 0.1) is 5.92 Å². The van der Waals surface area contributed by atoms with Gasteiger partial charge < -0.3 is 10.5 Å². The van der Waals surface area contributed by atoms with Crippen LogP contribution in [0.4, 0.5) is 5.69 Å². The number of anilines is 1. The lowest BCUT2D eigenvalue weighted by atomic mass is 10.2. The molecule has 80 valence electrons. The molecule has 0 saturated heterocycles. The third kappa shape index (κ3) is 2.50. The Morgan fingerprint density at radius 2 is 2.27 bits per heavy atom. The lowest BCUT2D eigenvalue weighted by molar-refractivity contribution is 0.0485. The van der Waals surface area contributed by atoms with E-state index in [0.717, 1.165) is 0 Å². The van der Waals surface area contributed by atoms with Crippen molar-refractivity contribution >= 4 is 27.6 Å². The molecule has 1 aliphatic carbocycles. The number of nitrogens with two attached hydrogens (primary N) is 1. The Labute approximate surface area is 96.7 Å². The van der Waals surface area contributed by atoms with E-state index in [1.165, 1.54) is 12.8 Å². The topological polar surface area (TPSA) is 52.3 Å². The molecule has 2 N–H and O–H groups in total. The molecule has 2 rings (SSSR count). The summed E-state index contributed by atoms with van der Waals surface area (Å²) in [5, 5.41) is 0. The van der Waals surface area contributed by atoms with Crippen molar-refractivity contribution in [2.45, 2.75) is 12.8 Å². The van der Waals surface area contributed by atoms with Gasteiger partial charge in [0.15, 0.2) is 0 Å². The molecule has 3 nitrogen and oxygen atoms in total. The lowest BCUT2D eigenvalue weighted by Gasteiger charge is -2.06. The first-order valence-electron chi connectivity index (χ1n) is 4.89. The summed E-state index contributed by atoms with van der Waals surface area (Å²) in [5.74, 6) is 0.273. The Balaban J connectivity index is 2.06. The van der Waals surface area contributed by atoms with Crippen LogP contribution in [0.15, 0.2) is 22.7 Å². The van der Waals surface area contributed by atoms with E-state index in [1.807, 2.05) is 0 Å². The van der Waals surface area contributed by atoms with Gasteiger partial charge in [0.05, 0.1) is 16.6 Å².